The summed E-state index contributed by atoms with van der Waals surface area (Å²) in [6, 6.07) is 20.4. The number of ether oxygens (including phenoxy) is 1. The summed E-state index contributed by atoms with van der Waals surface area (Å²) in [5, 5.41) is 3.23. The van der Waals surface area contributed by atoms with Crippen LogP contribution in [0, 0.1) is 20.8 Å². The fraction of sp³-hybridized carbons (Fsp3) is 0.154. The van der Waals surface area contributed by atoms with Gasteiger partial charge in [-0.3, -0.25) is 9.59 Å². The van der Waals surface area contributed by atoms with Crippen LogP contribution >= 0.6 is 0 Å². The molecule has 1 heterocycles. The number of benzene rings is 3. The zero-order chi connectivity index (χ0) is 22.1. The number of hydrogen-bond acceptors (Lipinski definition) is 4. The first-order chi connectivity index (χ1) is 14.9. The second-order valence-corrected chi connectivity index (χ2v) is 7.63. The van der Waals surface area contributed by atoms with Gasteiger partial charge >= 0.3 is 0 Å². The number of methoxy groups -OCH3 is 1. The summed E-state index contributed by atoms with van der Waals surface area (Å²) < 4.78 is 5.24. The van der Waals surface area contributed by atoms with E-state index in [0.717, 1.165) is 22.4 Å². The molecule has 0 saturated heterocycles. The number of anilines is 2. The maximum atomic E-state index is 13.5. The molecule has 0 unspecified atom stereocenters. The van der Waals surface area contributed by atoms with Gasteiger partial charge in [0, 0.05) is 5.69 Å². The van der Waals surface area contributed by atoms with Gasteiger partial charge in [0.2, 0.25) is 0 Å². The minimum absolute atomic E-state index is 0.266. The Morgan fingerprint density at radius 2 is 1.48 bits per heavy atom. The number of nitrogens with one attached hydrogen (secondary N) is 1. The van der Waals surface area contributed by atoms with E-state index in [4.69, 9.17) is 4.74 Å². The Bertz CT molecular complexity index is 1210. The van der Waals surface area contributed by atoms with Crippen molar-refractivity contribution < 1.29 is 14.3 Å². The standard InChI is InChI=1S/C26H24N2O3/c1-16-9-12-20(15-18(16)3)28-25(29)23(19-10-13-21(31-4)14-11-19)24(26(28)30)27-22-8-6-5-7-17(22)2/h5-15,27H,1-4H3. The molecular formula is C26H24N2O3. The monoisotopic (exact) mass is 412 g/mol. The van der Waals surface area contributed by atoms with E-state index >= 15 is 0 Å². The van der Waals surface area contributed by atoms with Gasteiger partial charge in [-0.15, -0.1) is 0 Å². The number of carbonyl (C=O) groups is 2. The Morgan fingerprint density at radius 3 is 2.13 bits per heavy atom. The molecule has 3 aromatic rings. The van der Waals surface area contributed by atoms with Gasteiger partial charge in [0.25, 0.3) is 11.8 Å². The van der Waals surface area contributed by atoms with Crippen molar-refractivity contribution in [3.63, 3.8) is 0 Å². The van der Waals surface area contributed by atoms with Crippen LogP contribution in [0.3, 0.4) is 0 Å². The Morgan fingerprint density at radius 1 is 0.774 bits per heavy atom. The predicted octanol–water partition coefficient (Wildman–Crippen LogP) is 5.02. The predicted molar refractivity (Wildman–Crippen MR) is 123 cm³/mol. The van der Waals surface area contributed by atoms with E-state index in [-0.39, 0.29) is 17.5 Å². The molecule has 1 N–H and O–H groups in total. The molecule has 5 nitrogen and oxygen atoms in total. The van der Waals surface area contributed by atoms with Crippen molar-refractivity contribution in [2.75, 3.05) is 17.3 Å². The summed E-state index contributed by atoms with van der Waals surface area (Å²) in [7, 11) is 1.59. The van der Waals surface area contributed by atoms with Gasteiger partial charge in [0.05, 0.1) is 18.4 Å². The van der Waals surface area contributed by atoms with Crippen LogP contribution in [0.2, 0.25) is 0 Å². The number of nitrogens with zero attached hydrogens (tertiary/aromatic N) is 1. The highest BCUT2D eigenvalue weighted by atomic mass is 16.5. The number of amides is 2. The van der Waals surface area contributed by atoms with Crippen LogP contribution in [-0.2, 0) is 9.59 Å². The quantitative estimate of drug-likeness (QED) is 0.598. The van der Waals surface area contributed by atoms with E-state index in [0.29, 0.717) is 22.6 Å². The smallest absolute Gasteiger partial charge is 0.282 e. The maximum absolute atomic E-state index is 13.5. The largest absolute Gasteiger partial charge is 0.497 e. The van der Waals surface area contributed by atoms with E-state index in [1.165, 1.54) is 4.90 Å². The molecular weight excluding hydrogens is 388 g/mol. The average molecular weight is 412 g/mol. The van der Waals surface area contributed by atoms with Crippen LogP contribution in [-0.4, -0.2) is 18.9 Å². The second-order valence-electron chi connectivity index (χ2n) is 7.63. The molecule has 156 valence electrons. The van der Waals surface area contributed by atoms with Crippen molar-refractivity contribution in [1.82, 2.24) is 0 Å². The zero-order valence-electron chi connectivity index (χ0n) is 18.0. The fourth-order valence-electron chi connectivity index (χ4n) is 3.62. The van der Waals surface area contributed by atoms with E-state index in [1.807, 2.05) is 57.2 Å². The van der Waals surface area contributed by atoms with Gasteiger partial charge in [-0.1, -0.05) is 36.4 Å². The Labute approximate surface area is 182 Å². The number of rotatable bonds is 5. The van der Waals surface area contributed by atoms with Crippen molar-refractivity contribution in [2.45, 2.75) is 20.8 Å². The van der Waals surface area contributed by atoms with Gasteiger partial charge < -0.3 is 10.1 Å². The van der Waals surface area contributed by atoms with Crippen molar-refractivity contribution in [3.05, 3.63) is 94.7 Å². The Hall–Kier alpha value is -3.86. The molecule has 31 heavy (non-hydrogen) atoms. The first-order valence-corrected chi connectivity index (χ1v) is 10.1. The van der Waals surface area contributed by atoms with Crippen molar-refractivity contribution in [3.8, 4) is 5.75 Å². The summed E-state index contributed by atoms with van der Waals surface area (Å²) in [6.07, 6.45) is 0. The zero-order valence-corrected chi connectivity index (χ0v) is 18.0. The van der Waals surface area contributed by atoms with Crippen molar-refractivity contribution in [1.29, 1.82) is 0 Å². The highest BCUT2D eigenvalue weighted by Crippen LogP contribution is 2.35. The Kier molecular flexibility index (Phi) is 5.34. The molecule has 1 aliphatic heterocycles. The van der Waals surface area contributed by atoms with Gasteiger partial charge in [-0.2, -0.15) is 0 Å². The summed E-state index contributed by atoms with van der Waals surface area (Å²) >= 11 is 0. The average Bonchev–Trinajstić information content (AvgIpc) is 3.01. The third-order valence-corrected chi connectivity index (χ3v) is 5.62. The highest BCUT2D eigenvalue weighted by Gasteiger charge is 2.40. The third kappa shape index (κ3) is 3.70. The molecule has 3 aromatic carbocycles. The molecule has 2 amide bonds. The van der Waals surface area contributed by atoms with Crippen molar-refractivity contribution >= 4 is 28.8 Å². The summed E-state index contributed by atoms with van der Waals surface area (Å²) in [4.78, 5) is 28.3. The molecule has 4 rings (SSSR count). The van der Waals surface area contributed by atoms with Gasteiger partial charge in [-0.25, -0.2) is 4.90 Å². The summed E-state index contributed by atoms with van der Waals surface area (Å²) in [5.41, 5.74) is 5.71. The minimum Gasteiger partial charge on any atom is -0.497 e. The lowest BCUT2D eigenvalue weighted by molar-refractivity contribution is -0.120. The van der Waals surface area contributed by atoms with Crippen LogP contribution in [0.4, 0.5) is 11.4 Å². The number of imide groups is 1. The molecule has 0 aromatic heterocycles. The molecule has 0 fully saturated rings. The molecule has 0 bridgehead atoms. The number of carbonyl (C=O) groups excluding carboxylic acids is 2. The first kappa shape index (κ1) is 20.4. The fourth-order valence-corrected chi connectivity index (χ4v) is 3.62. The van der Waals surface area contributed by atoms with Crippen molar-refractivity contribution in [2.24, 2.45) is 0 Å². The topological polar surface area (TPSA) is 58.6 Å². The SMILES string of the molecule is COc1ccc(C2=C(Nc3ccccc3C)C(=O)N(c3ccc(C)c(C)c3)C2=O)cc1. The first-order valence-electron chi connectivity index (χ1n) is 10.1. The lowest BCUT2D eigenvalue weighted by Crippen LogP contribution is -2.32. The summed E-state index contributed by atoms with van der Waals surface area (Å²) in [6.45, 7) is 5.92. The van der Waals surface area contributed by atoms with Crippen LogP contribution in [0.5, 0.6) is 5.75 Å². The van der Waals surface area contributed by atoms with Crippen LogP contribution in [0.1, 0.15) is 22.3 Å². The van der Waals surface area contributed by atoms with Gasteiger partial charge in [0.15, 0.2) is 0 Å². The molecule has 0 saturated carbocycles. The molecule has 0 spiro atoms. The van der Waals surface area contributed by atoms with Gasteiger partial charge in [-0.05, 0) is 73.4 Å². The second kappa shape index (κ2) is 8.11. The van der Waals surface area contributed by atoms with E-state index in [2.05, 4.69) is 5.32 Å². The number of aryl methyl sites for hydroxylation is 3. The van der Waals surface area contributed by atoms with Crippen LogP contribution in [0.25, 0.3) is 5.57 Å². The van der Waals surface area contributed by atoms with Crippen LogP contribution < -0.4 is 15.0 Å². The van der Waals surface area contributed by atoms with Gasteiger partial charge in [0.1, 0.15) is 11.4 Å². The highest BCUT2D eigenvalue weighted by molar-refractivity contribution is 6.46. The molecule has 0 atom stereocenters. The summed E-state index contributed by atoms with van der Waals surface area (Å²) in [5.74, 6) is -0.0441. The molecule has 1 aliphatic rings. The number of para-hydroxylation sites is 1. The molecule has 0 aliphatic carbocycles. The molecule has 5 heteroatoms. The minimum atomic E-state index is -0.373. The molecule has 0 radical (unpaired) electrons. The normalized spacial score (nSPS) is 13.7. The maximum Gasteiger partial charge on any atom is 0.282 e. The van der Waals surface area contributed by atoms with Crippen LogP contribution in [0.15, 0.2) is 72.4 Å². The third-order valence-electron chi connectivity index (χ3n) is 5.62. The van der Waals surface area contributed by atoms with E-state index in [1.54, 1.807) is 37.4 Å². The van der Waals surface area contributed by atoms with E-state index in [9.17, 15) is 9.59 Å². The van der Waals surface area contributed by atoms with E-state index < -0.39 is 0 Å². The number of hydrogen-bond donors (Lipinski definition) is 1. The lowest BCUT2D eigenvalue weighted by atomic mass is 10.0. The Balaban J connectivity index is 1.83. The lowest BCUT2D eigenvalue weighted by Gasteiger charge is -2.17.